The molecule has 8 heteroatoms. The van der Waals surface area contributed by atoms with Crippen molar-refractivity contribution in [3.63, 3.8) is 0 Å². The van der Waals surface area contributed by atoms with E-state index in [1.54, 1.807) is 20.4 Å². The van der Waals surface area contributed by atoms with Gasteiger partial charge in [-0.1, -0.05) is 37.3 Å². The number of hydrogen-bond acceptors (Lipinski definition) is 4. The van der Waals surface area contributed by atoms with Gasteiger partial charge in [0.2, 0.25) is 5.91 Å². The highest BCUT2D eigenvalue weighted by molar-refractivity contribution is 5.85. The van der Waals surface area contributed by atoms with Crippen LogP contribution in [0.3, 0.4) is 0 Å². The molecule has 8 nitrogen and oxygen atoms in total. The first-order chi connectivity index (χ1) is 13.0. The van der Waals surface area contributed by atoms with E-state index < -0.39 is 0 Å². The summed E-state index contributed by atoms with van der Waals surface area (Å²) in [5.74, 6) is 1.51. The molecule has 0 aliphatic carbocycles. The van der Waals surface area contributed by atoms with Crippen molar-refractivity contribution >= 4 is 11.9 Å². The first-order valence-electron chi connectivity index (χ1n) is 9.17. The summed E-state index contributed by atoms with van der Waals surface area (Å²) < 4.78 is 2.01. The summed E-state index contributed by atoms with van der Waals surface area (Å²) in [4.78, 5) is 17.9. The van der Waals surface area contributed by atoms with E-state index >= 15 is 0 Å². The topological polar surface area (TPSA) is 87.4 Å². The molecule has 2 aromatic rings. The van der Waals surface area contributed by atoms with Gasteiger partial charge in [0.1, 0.15) is 18.7 Å². The molecule has 2 rings (SSSR count). The molecule has 1 amide bonds. The average Bonchev–Trinajstić information content (AvgIpc) is 3.13. The van der Waals surface area contributed by atoms with Crippen LogP contribution in [0.15, 0.2) is 41.7 Å². The number of carbonyl (C=O) groups is 1. The fourth-order valence-electron chi connectivity index (χ4n) is 2.51. The maximum atomic E-state index is 11.9. The Kier molecular flexibility index (Phi) is 7.79. The third-order valence-electron chi connectivity index (χ3n) is 4.18. The Morgan fingerprint density at radius 3 is 2.70 bits per heavy atom. The number of benzene rings is 1. The zero-order valence-corrected chi connectivity index (χ0v) is 16.5. The van der Waals surface area contributed by atoms with E-state index in [-0.39, 0.29) is 18.5 Å². The number of aryl methyl sites for hydroxylation is 1. The number of nitrogens with one attached hydrogen (secondary N) is 2. The average molecular weight is 371 g/mol. The van der Waals surface area contributed by atoms with Crippen molar-refractivity contribution in [2.45, 2.75) is 32.9 Å². The molecule has 1 heterocycles. The lowest BCUT2D eigenvalue weighted by molar-refractivity contribution is -0.127. The fourth-order valence-corrected chi connectivity index (χ4v) is 2.51. The standard InChI is InChI=1S/C19H29N7O/c1-5-17-24-22-14-26(17)12-11-20-19(21-13-18(27)25(3)4)23-15(2)16-9-7-6-8-10-16/h6-10,14-15H,5,11-13H2,1-4H3,(H2,20,21,23). The molecular formula is C19H29N7O. The van der Waals surface area contributed by atoms with Crippen LogP contribution in [-0.2, 0) is 17.8 Å². The highest BCUT2D eigenvalue weighted by atomic mass is 16.2. The van der Waals surface area contributed by atoms with Crippen molar-refractivity contribution in [1.29, 1.82) is 0 Å². The Bertz CT molecular complexity index is 740. The van der Waals surface area contributed by atoms with E-state index in [0.29, 0.717) is 12.5 Å². The monoisotopic (exact) mass is 371 g/mol. The minimum atomic E-state index is -0.0458. The van der Waals surface area contributed by atoms with Gasteiger partial charge in [-0.3, -0.25) is 4.79 Å². The molecule has 0 saturated heterocycles. The first-order valence-corrected chi connectivity index (χ1v) is 9.17. The summed E-state index contributed by atoms with van der Waals surface area (Å²) in [5, 5.41) is 14.7. The number of likely N-dealkylation sites (N-methyl/N-ethyl adjacent to an activating group) is 1. The van der Waals surface area contributed by atoms with E-state index in [4.69, 9.17) is 0 Å². The van der Waals surface area contributed by atoms with E-state index in [9.17, 15) is 4.79 Å². The third-order valence-corrected chi connectivity index (χ3v) is 4.18. The zero-order chi connectivity index (χ0) is 19.6. The zero-order valence-electron chi connectivity index (χ0n) is 16.5. The van der Waals surface area contributed by atoms with Crippen LogP contribution in [-0.4, -0.2) is 58.7 Å². The molecule has 146 valence electrons. The Labute approximate surface area is 160 Å². The number of aliphatic imine (C=N–C) groups is 1. The summed E-state index contributed by atoms with van der Waals surface area (Å²) in [5.41, 5.74) is 1.15. The maximum absolute atomic E-state index is 11.9. The van der Waals surface area contributed by atoms with Crippen molar-refractivity contribution in [3.05, 3.63) is 48.0 Å². The van der Waals surface area contributed by atoms with Crippen LogP contribution >= 0.6 is 0 Å². The van der Waals surface area contributed by atoms with Gasteiger partial charge in [-0.2, -0.15) is 0 Å². The van der Waals surface area contributed by atoms with Crippen molar-refractivity contribution in [2.75, 3.05) is 27.2 Å². The Balaban J connectivity index is 2.00. The Morgan fingerprint density at radius 2 is 2.04 bits per heavy atom. The van der Waals surface area contributed by atoms with Gasteiger partial charge >= 0.3 is 0 Å². The van der Waals surface area contributed by atoms with Gasteiger partial charge in [0.25, 0.3) is 0 Å². The second kappa shape index (κ2) is 10.3. The van der Waals surface area contributed by atoms with Gasteiger partial charge in [0, 0.05) is 33.6 Å². The number of nitrogens with zero attached hydrogens (tertiary/aromatic N) is 5. The van der Waals surface area contributed by atoms with Crippen LogP contribution < -0.4 is 10.6 Å². The van der Waals surface area contributed by atoms with E-state index in [0.717, 1.165) is 24.4 Å². The number of hydrogen-bond donors (Lipinski definition) is 2. The maximum Gasteiger partial charge on any atom is 0.243 e. The fraction of sp³-hybridized carbons (Fsp3) is 0.474. The van der Waals surface area contributed by atoms with E-state index in [1.807, 2.05) is 22.8 Å². The second-order valence-electron chi connectivity index (χ2n) is 6.45. The normalized spacial score (nSPS) is 12.5. The summed E-state index contributed by atoms with van der Waals surface area (Å²) in [6.07, 6.45) is 2.56. The van der Waals surface area contributed by atoms with Gasteiger partial charge in [-0.05, 0) is 12.5 Å². The number of guanidine groups is 1. The minimum absolute atomic E-state index is 0.0458. The minimum Gasteiger partial charge on any atom is -0.355 e. The van der Waals surface area contributed by atoms with Gasteiger partial charge in [-0.25, -0.2) is 4.99 Å². The van der Waals surface area contributed by atoms with Crippen LogP contribution in [0.5, 0.6) is 0 Å². The predicted octanol–water partition coefficient (Wildman–Crippen LogP) is 1.23. The molecule has 27 heavy (non-hydrogen) atoms. The van der Waals surface area contributed by atoms with Crippen molar-refractivity contribution < 1.29 is 4.79 Å². The molecule has 2 N–H and O–H groups in total. The quantitative estimate of drug-likeness (QED) is 0.538. The summed E-state index contributed by atoms with van der Waals surface area (Å²) >= 11 is 0. The van der Waals surface area contributed by atoms with Gasteiger partial charge < -0.3 is 20.1 Å². The van der Waals surface area contributed by atoms with Crippen molar-refractivity contribution in [2.24, 2.45) is 4.99 Å². The van der Waals surface area contributed by atoms with Gasteiger partial charge in [-0.15, -0.1) is 10.2 Å². The van der Waals surface area contributed by atoms with Crippen LogP contribution in [0.25, 0.3) is 0 Å². The Hall–Kier alpha value is -2.90. The lowest BCUT2D eigenvalue weighted by Crippen LogP contribution is -2.41. The summed E-state index contributed by atoms with van der Waals surface area (Å²) in [6.45, 7) is 5.58. The molecule has 1 atom stereocenters. The summed E-state index contributed by atoms with van der Waals surface area (Å²) in [6, 6.07) is 10.2. The molecule has 0 radical (unpaired) electrons. The first kappa shape index (κ1) is 20.4. The molecule has 1 aromatic carbocycles. The highest BCUT2D eigenvalue weighted by Gasteiger charge is 2.10. The van der Waals surface area contributed by atoms with E-state index in [1.165, 1.54) is 4.90 Å². The molecule has 0 aliphatic heterocycles. The number of amides is 1. The molecule has 1 aromatic heterocycles. The molecule has 1 unspecified atom stereocenters. The highest BCUT2D eigenvalue weighted by Crippen LogP contribution is 2.10. The largest absolute Gasteiger partial charge is 0.355 e. The summed E-state index contributed by atoms with van der Waals surface area (Å²) in [7, 11) is 3.45. The third kappa shape index (κ3) is 6.40. The Morgan fingerprint density at radius 1 is 1.30 bits per heavy atom. The van der Waals surface area contributed by atoms with Gasteiger partial charge in [0.05, 0.1) is 6.04 Å². The van der Waals surface area contributed by atoms with Crippen LogP contribution in [0, 0.1) is 0 Å². The lowest BCUT2D eigenvalue weighted by Gasteiger charge is -2.19. The molecule has 0 fully saturated rings. The van der Waals surface area contributed by atoms with Crippen LogP contribution in [0.2, 0.25) is 0 Å². The molecular weight excluding hydrogens is 342 g/mol. The number of rotatable bonds is 8. The predicted molar refractivity (Wildman–Crippen MR) is 106 cm³/mol. The second-order valence-corrected chi connectivity index (χ2v) is 6.45. The lowest BCUT2D eigenvalue weighted by atomic mass is 10.1. The number of aromatic nitrogens is 3. The SMILES string of the molecule is CCc1nncn1CCNC(=NCC(=O)N(C)C)NC(C)c1ccccc1. The number of carbonyl (C=O) groups excluding carboxylic acids is 1. The smallest absolute Gasteiger partial charge is 0.243 e. The molecule has 0 bridgehead atoms. The van der Waals surface area contributed by atoms with Crippen molar-refractivity contribution in [1.82, 2.24) is 30.3 Å². The van der Waals surface area contributed by atoms with Crippen molar-refractivity contribution in [3.8, 4) is 0 Å². The molecule has 0 saturated carbocycles. The van der Waals surface area contributed by atoms with Gasteiger partial charge in [0.15, 0.2) is 5.96 Å². The molecule has 0 aliphatic rings. The van der Waals surface area contributed by atoms with Crippen LogP contribution in [0.4, 0.5) is 0 Å². The van der Waals surface area contributed by atoms with Crippen LogP contribution in [0.1, 0.15) is 31.3 Å². The molecule has 0 spiro atoms. The van der Waals surface area contributed by atoms with E-state index in [2.05, 4.69) is 51.8 Å².